The van der Waals surface area contributed by atoms with E-state index in [4.69, 9.17) is 9.47 Å². The molecule has 2 aliphatic heterocycles. The van der Waals surface area contributed by atoms with Gasteiger partial charge in [-0.25, -0.2) is 0 Å². The quantitative estimate of drug-likeness (QED) is 0.806. The molecule has 0 N–H and O–H groups in total. The molecule has 0 spiro atoms. The maximum absolute atomic E-state index is 12.3. The number of hydrogen-bond donors (Lipinski definition) is 0. The van der Waals surface area contributed by atoms with Crippen molar-refractivity contribution < 1.29 is 14.3 Å². The van der Waals surface area contributed by atoms with Crippen LogP contribution in [0, 0.1) is 0 Å². The Hall–Kier alpha value is -2.33. The Morgan fingerprint density at radius 3 is 2.48 bits per heavy atom. The van der Waals surface area contributed by atoms with E-state index in [0.29, 0.717) is 18.7 Å². The van der Waals surface area contributed by atoms with Gasteiger partial charge in [-0.2, -0.15) is 0 Å². The molecule has 120 valence electrons. The van der Waals surface area contributed by atoms with Gasteiger partial charge in [0.05, 0.1) is 7.11 Å². The third kappa shape index (κ3) is 2.39. The first kappa shape index (κ1) is 15.6. The van der Waals surface area contributed by atoms with Crippen molar-refractivity contribution in [1.29, 1.82) is 0 Å². The van der Waals surface area contributed by atoms with Gasteiger partial charge in [-0.15, -0.1) is 0 Å². The zero-order valence-electron chi connectivity index (χ0n) is 13.5. The molecule has 2 aliphatic rings. The molecule has 0 aromatic heterocycles. The fourth-order valence-electron chi connectivity index (χ4n) is 3.30. The number of fused-ring (bicyclic) bond motifs is 1. The number of benzene rings is 1. The van der Waals surface area contributed by atoms with Gasteiger partial charge in [0.25, 0.3) is 5.91 Å². The normalized spacial score (nSPS) is 27.9. The summed E-state index contributed by atoms with van der Waals surface area (Å²) in [6.07, 6.45) is 0.202. The molecule has 1 aromatic rings. The molecule has 2 atom stereocenters. The van der Waals surface area contributed by atoms with Crippen molar-refractivity contribution in [3.63, 3.8) is 0 Å². The summed E-state index contributed by atoms with van der Waals surface area (Å²) in [5.41, 5.74) is 3.70. The summed E-state index contributed by atoms with van der Waals surface area (Å²) in [5, 5.41) is 0. The molecule has 0 unspecified atom stereocenters. The number of rotatable bonds is 3. The summed E-state index contributed by atoms with van der Waals surface area (Å²) in [4.78, 5) is 14.1. The highest BCUT2D eigenvalue weighted by atomic mass is 16.5. The lowest BCUT2D eigenvalue weighted by Crippen LogP contribution is -2.66. The average molecular weight is 311 g/mol. The van der Waals surface area contributed by atoms with Crippen molar-refractivity contribution in [3.05, 3.63) is 66.0 Å². The summed E-state index contributed by atoms with van der Waals surface area (Å²) in [7, 11) is 3.19. The molecule has 1 fully saturated rings. The summed E-state index contributed by atoms with van der Waals surface area (Å²) < 4.78 is 11.1. The van der Waals surface area contributed by atoms with E-state index in [-0.39, 0.29) is 11.9 Å². The number of amides is 1. The van der Waals surface area contributed by atoms with Gasteiger partial charge in [-0.05, 0) is 23.1 Å². The lowest BCUT2D eigenvalue weighted by atomic mass is 9.83. The van der Waals surface area contributed by atoms with Crippen LogP contribution in [0.2, 0.25) is 0 Å². The molecule has 0 radical (unpaired) electrons. The molecule has 0 aliphatic carbocycles. The monoisotopic (exact) mass is 311 g/mol. The first-order chi connectivity index (χ1) is 11.1. The first-order valence-corrected chi connectivity index (χ1v) is 7.64. The lowest BCUT2D eigenvalue weighted by Gasteiger charge is -2.48. The first-order valence-electron chi connectivity index (χ1n) is 7.64. The van der Waals surface area contributed by atoms with E-state index in [0.717, 1.165) is 22.3 Å². The Kier molecular flexibility index (Phi) is 4.09. The largest absolute Gasteiger partial charge is 0.498 e. The van der Waals surface area contributed by atoms with Crippen molar-refractivity contribution in [2.45, 2.75) is 18.6 Å². The van der Waals surface area contributed by atoms with E-state index in [1.807, 2.05) is 30.3 Å². The summed E-state index contributed by atoms with van der Waals surface area (Å²) in [5.74, 6) is 0.716. The number of carbonyl (C=O) groups excluding carboxylic acids is 1. The molecule has 1 saturated heterocycles. The van der Waals surface area contributed by atoms with E-state index in [2.05, 4.69) is 13.2 Å². The highest BCUT2D eigenvalue weighted by Crippen LogP contribution is 2.40. The molecule has 0 bridgehead atoms. The van der Waals surface area contributed by atoms with Crippen LogP contribution in [0.15, 0.2) is 60.4 Å². The number of allylic oxidation sites excluding steroid dienone is 2. The van der Waals surface area contributed by atoms with Crippen LogP contribution >= 0.6 is 0 Å². The number of nitrogens with zero attached hydrogens (tertiary/aromatic N) is 1. The zero-order valence-corrected chi connectivity index (χ0v) is 13.5. The van der Waals surface area contributed by atoms with Crippen molar-refractivity contribution in [3.8, 4) is 0 Å². The van der Waals surface area contributed by atoms with Gasteiger partial charge in [0.2, 0.25) is 0 Å². The van der Waals surface area contributed by atoms with Crippen LogP contribution < -0.4 is 0 Å². The fraction of sp³-hybridized carbons (Fsp3) is 0.316. The molecule has 2 heterocycles. The Bertz CT molecular complexity index is 690. The lowest BCUT2D eigenvalue weighted by molar-refractivity contribution is -0.169. The van der Waals surface area contributed by atoms with E-state index >= 15 is 0 Å². The van der Waals surface area contributed by atoms with Crippen LogP contribution in [-0.4, -0.2) is 43.7 Å². The summed E-state index contributed by atoms with van der Waals surface area (Å²) in [6.45, 7) is 8.96. The van der Waals surface area contributed by atoms with Gasteiger partial charge in [0.1, 0.15) is 11.8 Å². The van der Waals surface area contributed by atoms with Gasteiger partial charge in [0, 0.05) is 19.2 Å². The number of β-lactam (4-membered cyclic amide) rings is 1. The molecule has 3 rings (SSSR count). The van der Waals surface area contributed by atoms with Gasteiger partial charge in [-0.1, -0.05) is 43.5 Å². The Labute approximate surface area is 136 Å². The van der Waals surface area contributed by atoms with Crippen molar-refractivity contribution in [2.24, 2.45) is 0 Å². The minimum absolute atomic E-state index is 0.000209. The van der Waals surface area contributed by atoms with E-state index in [1.165, 1.54) is 0 Å². The number of hydrogen-bond acceptors (Lipinski definition) is 3. The molecular formula is C19H21NO3. The Balaban J connectivity index is 2.19. The molecule has 4 nitrogen and oxygen atoms in total. The smallest absolute Gasteiger partial charge is 0.255 e. The highest BCUT2D eigenvalue weighted by Gasteiger charge is 2.51. The standard InChI is InChI=1S/C19H21NO3/c1-12-10-11-20-16(18(23-4)19(20)21)17(22-3)15(13(12)2)14-8-6-5-7-9-14/h5-9,16,18H,1-2,10-11H2,3-4H3/b17-15-/t16-,18+/m0/s1. The predicted octanol–water partition coefficient (Wildman–Crippen LogP) is 2.79. The fourth-order valence-corrected chi connectivity index (χ4v) is 3.30. The van der Waals surface area contributed by atoms with Crippen LogP contribution in [0.25, 0.3) is 5.57 Å². The van der Waals surface area contributed by atoms with Gasteiger partial charge >= 0.3 is 0 Å². The minimum Gasteiger partial charge on any atom is -0.498 e. The SMILES string of the molecule is C=C1CCN2C(=O)[C@H](OC)[C@@H]2/C(OC)=C(/c2ccccc2)C1=C. The van der Waals surface area contributed by atoms with Crippen molar-refractivity contribution >= 4 is 11.5 Å². The topological polar surface area (TPSA) is 38.8 Å². The van der Waals surface area contributed by atoms with E-state index in [9.17, 15) is 4.79 Å². The average Bonchev–Trinajstić information content (AvgIpc) is 2.57. The molecular weight excluding hydrogens is 290 g/mol. The second-order valence-corrected chi connectivity index (χ2v) is 5.77. The van der Waals surface area contributed by atoms with Crippen LogP contribution in [0.4, 0.5) is 0 Å². The van der Waals surface area contributed by atoms with Crippen LogP contribution in [0.5, 0.6) is 0 Å². The third-order valence-corrected chi connectivity index (χ3v) is 4.58. The Morgan fingerprint density at radius 1 is 1.17 bits per heavy atom. The molecule has 4 heteroatoms. The Morgan fingerprint density at radius 2 is 1.87 bits per heavy atom. The maximum Gasteiger partial charge on any atom is 0.255 e. The van der Waals surface area contributed by atoms with Gasteiger partial charge in [0.15, 0.2) is 6.10 Å². The van der Waals surface area contributed by atoms with Crippen molar-refractivity contribution in [1.82, 2.24) is 4.90 Å². The maximum atomic E-state index is 12.3. The molecule has 1 aromatic carbocycles. The van der Waals surface area contributed by atoms with Crippen LogP contribution in [0.3, 0.4) is 0 Å². The zero-order chi connectivity index (χ0) is 16.6. The molecule has 0 saturated carbocycles. The second-order valence-electron chi connectivity index (χ2n) is 5.77. The van der Waals surface area contributed by atoms with Crippen LogP contribution in [0.1, 0.15) is 12.0 Å². The van der Waals surface area contributed by atoms with Gasteiger partial charge < -0.3 is 14.4 Å². The van der Waals surface area contributed by atoms with Crippen molar-refractivity contribution in [2.75, 3.05) is 20.8 Å². The molecule has 23 heavy (non-hydrogen) atoms. The highest BCUT2D eigenvalue weighted by molar-refractivity contribution is 5.93. The number of methoxy groups -OCH3 is 2. The molecule has 1 amide bonds. The number of carbonyl (C=O) groups is 1. The van der Waals surface area contributed by atoms with E-state index < -0.39 is 6.10 Å². The third-order valence-electron chi connectivity index (χ3n) is 4.58. The van der Waals surface area contributed by atoms with E-state index in [1.54, 1.807) is 19.1 Å². The minimum atomic E-state index is -0.497. The summed E-state index contributed by atoms with van der Waals surface area (Å²) >= 11 is 0. The second kappa shape index (κ2) is 6.05. The number of ether oxygens (including phenoxy) is 2. The predicted molar refractivity (Wildman–Crippen MR) is 89.6 cm³/mol. The van der Waals surface area contributed by atoms with Gasteiger partial charge in [-0.3, -0.25) is 4.79 Å². The van der Waals surface area contributed by atoms with Crippen LogP contribution in [-0.2, 0) is 14.3 Å². The summed E-state index contributed by atoms with van der Waals surface area (Å²) in [6, 6.07) is 9.73.